The molecule has 0 aliphatic rings. The molecule has 2 rings (SSSR count). The van der Waals surface area contributed by atoms with Crippen molar-refractivity contribution in [2.24, 2.45) is 7.05 Å². The van der Waals surface area contributed by atoms with Crippen LogP contribution in [-0.2, 0) is 13.6 Å². The number of benzene rings is 1. The molecule has 1 heterocycles. The molecule has 0 spiro atoms. The van der Waals surface area contributed by atoms with E-state index in [9.17, 15) is 0 Å². The Labute approximate surface area is 99.2 Å². The van der Waals surface area contributed by atoms with Gasteiger partial charge in [-0.2, -0.15) is 0 Å². The fourth-order valence-electron chi connectivity index (χ4n) is 1.70. The summed E-state index contributed by atoms with van der Waals surface area (Å²) < 4.78 is 3.78. The molecule has 0 amide bonds. The third-order valence-corrected chi connectivity index (χ3v) is 2.58. The smallest absolute Gasteiger partial charge is 0.202 e. The first-order valence-corrected chi connectivity index (χ1v) is 5.04. The second kappa shape index (κ2) is 4.73. The number of hydrogen-bond donors (Lipinski definition) is 1. The van der Waals surface area contributed by atoms with Gasteiger partial charge in [0.1, 0.15) is 0 Å². The number of imidazole rings is 1. The van der Waals surface area contributed by atoms with E-state index < -0.39 is 0 Å². The minimum Gasteiger partial charge on any atom is -0.313 e. The van der Waals surface area contributed by atoms with E-state index in [1.54, 1.807) is 0 Å². The molecular formula is C10H13Cl2N3. The second-order valence-electron chi connectivity index (χ2n) is 3.21. The monoisotopic (exact) mass is 245 g/mol. The second-order valence-corrected chi connectivity index (χ2v) is 3.59. The zero-order chi connectivity index (χ0) is 10.1. The fourth-order valence-corrected chi connectivity index (χ4v) is 1.87. The Bertz CT molecular complexity index is 513. The summed E-state index contributed by atoms with van der Waals surface area (Å²) in [6, 6.07) is 7.98. The first kappa shape index (κ1) is 12.1. The van der Waals surface area contributed by atoms with Crippen molar-refractivity contribution in [3.63, 3.8) is 0 Å². The first-order chi connectivity index (χ1) is 6.75. The lowest BCUT2D eigenvalue weighted by atomic mass is 10.3. The fraction of sp³-hybridized carbons (Fsp3) is 0.300. The highest BCUT2D eigenvalue weighted by atomic mass is 35.5. The molecular weight excluding hydrogens is 233 g/mol. The van der Waals surface area contributed by atoms with Gasteiger partial charge in [0.15, 0.2) is 0 Å². The van der Waals surface area contributed by atoms with Crippen molar-refractivity contribution in [1.29, 1.82) is 5.41 Å². The van der Waals surface area contributed by atoms with Crippen molar-refractivity contribution in [2.75, 3.05) is 5.88 Å². The number of nitrogens with zero attached hydrogens (tertiary/aromatic N) is 2. The Hall–Kier alpha value is -0.930. The topological polar surface area (TPSA) is 33.7 Å². The number of nitrogens with one attached hydrogen (secondary N) is 1. The third-order valence-electron chi connectivity index (χ3n) is 2.42. The highest BCUT2D eigenvalue weighted by molar-refractivity contribution is 6.17. The quantitative estimate of drug-likeness (QED) is 0.787. The van der Waals surface area contributed by atoms with E-state index in [4.69, 9.17) is 17.0 Å². The number of aromatic nitrogens is 2. The lowest BCUT2D eigenvalue weighted by Gasteiger charge is -1.99. The van der Waals surface area contributed by atoms with Gasteiger partial charge in [-0.1, -0.05) is 12.1 Å². The molecule has 1 aromatic carbocycles. The molecule has 0 aliphatic carbocycles. The maximum atomic E-state index is 7.89. The number of rotatable bonds is 2. The number of halogens is 2. The van der Waals surface area contributed by atoms with Crippen LogP contribution in [0.3, 0.4) is 0 Å². The molecule has 2 aromatic rings. The van der Waals surface area contributed by atoms with Crippen LogP contribution in [0.1, 0.15) is 0 Å². The molecule has 1 aromatic heterocycles. The summed E-state index contributed by atoms with van der Waals surface area (Å²) in [5.74, 6) is 0.532. The van der Waals surface area contributed by atoms with Crippen LogP contribution in [0.2, 0.25) is 0 Å². The summed E-state index contributed by atoms with van der Waals surface area (Å²) in [6.07, 6.45) is 0. The lowest BCUT2D eigenvalue weighted by Crippen LogP contribution is -2.23. The van der Waals surface area contributed by atoms with E-state index in [1.807, 2.05) is 40.4 Å². The molecule has 0 saturated heterocycles. The van der Waals surface area contributed by atoms with Crippen molar-refractivity contribution in [1.82, 2.24) is 9.13 Å². The summed E-state index contributed by atoms with van der Waals surface area (Å²) in [7, 11) is 1.90. The summed E-state index contributed by atoms with van der Waals surface area (Å²) in [5, 5.41) is 7.89. The van der Waals surface area contributed by atoms with Crippen molar-refractivity contribution in [3.8, 4) is 0 Å². The summed E-state index contributed by atoms with van der Waals surface area (Å²) in [4.78, 5) is 0. The van der Waals surface area contributed by atoms with E-state index in [-0.39, 0.29) is 12.4 Å². The van der Waals surface area contributed by atoms with Gasteiger partial charge in [-0.15, -0.1) is 24.0 Å². The average molecular weight is 246 g/mol. The molecule has 0 unspecified atom stereocenters. The van der Waals surface area contributed by atoms with Crippen LogP contribution < -0.4 is 5.62 Å². The number of alkyl halides is 1. The van der Waals surface area contributed by atoms with Crippen LogP contribution in [0, 0.1) is 5.41 Å². The predicted molar refractivity (Wildman–Crippen MR) is 64.7 cm³/mol. The van der Waals surface area contributed by atoms with E-state index in [1.165, 1.54) is 0 Å². The number of fused-ring (bicyclic) bond motifs is 1. The Balaban J connectivity index is 0.00000112. The van der Waals surface area contributed by atoms with Crippen LogP contribution in [-0.4, -0.2) is 15.0 Å². The van der Waals surface area contributed by atoms with Crippen LogP contribution >= 0.6 is 24.0 Å². The SMILES string of the molecule is Cl.Cn1c(=N)n(CCCl)c2ccccc21. The molecule has 0 atom stereocenters. The van der Waals surface area contributed by atoms with E-state index >= 15 is 0 Å². The number of aryl methyl sites for hydroxylation is 2. The molecule has 0 saturated carbocycles. The van der Waals surface area contributed by atoms with Crippen molar-refractivity contribution >= 4 is 35.0 Å². The average Bonchev–Trinajstić information content (AvgIpc) is 2.45. The van der Waals surface area contributed by atoms with Gasteiger partial charge in [-0.05, 0) is 12.1 Å². The van der Waals surface area contributed by atoms with E-state index in [0.29, 0.717) is 18.0 Å². The first-order valence-electron chi connectivity index (χ1n) is 4.50. The van der Waals surface area contributed by atoms with E-state index in [2.05, 4.69) is 0 Å². The molecule has 3 nitrogen and oxygen atoms in total. The van der Waals surface area contributed by atoms with Gasteiger partial charge < -0.3 is 9.13 Å². The predicted octanol–water partition coefficient (Wildman–Crippen LogP) is 2.12. The Morgan fingerprint density at radius 2 is 1.87 bits per heavy atom. The summed E-state index contributed by atoms with van der Waals surface area (Å²) in [5.41, 5.74) is 2.63. The molecule has 0 bridgehead atoms. The van der Waals surface area contributed by atoms with Crippen molar-refractivity contribution < 1.29 is 0 Å². The molecule has 1 N–H and O–H groups in total. The van der Waals surface area contributed by atoms with Gasteiger partial charge in [0.25, 0.3) is 0 Å². The van der Waals surface area contributed by atoms with E-state index in [0.717, 1.165) is 11.0 Å². The Morgan fingerprint density at radius 3 is 2.47 bits per heavy atom. The zero-order valence-electron chi connectivity index (χ0n) is 8.40. The Kier molecular flexibility index (Phi) is 3.83. The minimum absolute atomic E-state index is 0. The molecule has 5 heteroatoms. The lowest BCUT2D eigenvalue weighted by molar-refractivity contribution is 0.679. The number of hydrogen-bond acceptors (Lipinski definition) is 1. The minimum atomic E-state index is 0. The standard InChI is InChI=1S/C10H12ClN3.ClH/c1-13-8-4-2-3-5-9(8)14(7-6-11)10(13)12;/h2-5,12H,6-7H2,1H3;1H. The maximum absolute atomic E-state index is 7.89. The maximum Gasteiger partial charge on any atom is 0.202 e. The molecule has 82 valence electrons. The van der Waals surface area contributed by atoms with Gasteiger partial charge in [-0.3, -0.25) is 5.41 Å². The Morgan fingerprint density at radius 1 is 1.27 bits per heavy atom. The highest BCUT2D eigenvalue weighted by Gasteiger charge is 2.05. The molecule has 0 fully saturated rings. The number of para-hydroxylation sites is 2. The van der Waals surface area contributed by atoms with Gasteiger partial charge in [0.05, 0.1) is 11.0 Å². The van der Waals surface area contributed by atoms with Gasteiger partial charge in [0, 0.05) is 19.5 Å². The molecule has 15 heavy (non-hydrogen) atoms. The van der Waals surface area contributed by atoms with Crippen LogP contribution in [0.4, 0.5) is 0 Å². The van der Waals surface area contributed by atoms with Gasteiger partial charge in [0.2, 0.25) is 5.62 Å². The van der Waals surface area contributed by atoms with Gasteiger partial charge >= 0.3 is 0 Å². The van der Waals surface area contributed by atoms with Crippen LogP contribution in [0.25, 0.3) is 11.0 Å². The van der Waals surface area contributed by atoms with Crippen LogP contribution in [0.15, 0.2) is 24.3 Å². The molecule has 0 radical (unpaired) electrons. The summed E-state index contributed by atoms with van der Waals surface area (Å²) >= 11 is 5.70. The zero-order valence-corrected chi connectivity index (χ0v) is 9.98. The van der Waals surface area contributed by atoms with Gasteiger partial charge in [-0.25, -0.2) is 0 Å². The van der Waals surface area contributed by atoms with Crippen LogP contribution in [0.5, 0.6) is 0 Å². The van der Waals surface area contributed by atoms with Crippen molar-refractivity contribution in [2.45, 2.75) is 6.54 Å². The normalized spacial score (nSPS) is 10.3. The molecule has 0 aliphatic heterocycles. The third kappa shape index (κ3) is 1.90. The highest BCUT2D eigenvalue weighted by Crippen LogP contribution is 2.10. The van der Waals surface area contributed by atoms with Crippen molar-refractivity contribution in [3.05, 3.63) is 29.9 Å². The largest absolute Gasteiger partial charge is 0.313 e. The summed E-state index contributed by atoms with van der Waals surface area (Å²) in [6.45, 7) is 0.682.